The molecular formula is C12H9ClFN3O2. The van der Waals surface area contributed by atoms with Crippen molar-refractivity contribution in [3.05, 3.63) is 34.7 Å². The summed E-state index contributed by atoms with van der Waals surface area (Å²) >= 11 is 5.85. The van der Waals surface area contributed by atoms with Gasteiger partial charge in [-0.15, -0.1) is 0 Å². The zero-order chi connectivity index (χ0) is 13.6. The van der Waals surface area contributed by atoms with Crippen LogP contribution in [0.4, 0.5) is 9.18 Å². The van der Waals surface area contributed by atoms with Gasteiger partial charge < -0.3 is 10.3 Å². The molecule has 1 aliphatic rings. The van der Waals surface area contributed by atoms with Gasteiger partial charge in [0.25, 0.3) is 5.91 Å². The SMILES string of the molecule is O=C1NC(=O)C(Cc2c[nH]c3c(Cl)c(F)ccc23)N1. The first-order valence-corrected chi connectivity index (χ1v) is 5.99. The van der Waals surface area contributed by atoms with E-state index in [9.17, 15) is 14.0 Å². The molecule has 0 aliphatic carbocycles. The van der Waals surface area contributed by atoms with E-state index in [-0.39, 0.29) is 10.9 Å². The van der Waals surface area contributed by atoms with E-state index in [1.54, 1.807) is 12.3 Å². The molecule has 3 rings (SSSR count). The van der Waals surface area contributed by atoms with Crippen LogP contribution in [0.25, 0.3) is 10.9 Å². The third-order valence-corrected chi connectivity index (χ3v) is 3.48. The van der Waals surface area contributed by atoms with Crippen LogP contribution in [0, 0.1) is 5.82 Å². The molecule has 1 aromatic heterocycles. The topological polar surface area (TPSA) is 74.0 Å². The van der Waals surface area contributed by atoms with E-state index in [4.69, 9.17) is 11.6 Å². The summed E-state index contributed by atoms with van der Waals surface area (Å²) in [5.41, 5.74) is 1.28. The van der Waals surface area contributed by atoms with Gasteiger partial charge in [0.2, 0.25) is 0 Å². The minimum Gasteiger partial charge on any atom is -0.360 e. The van der Waals surface area contributed by atoms with Crippen molar-refractivity contribution in [1.29, 1.82) is 0 Å². The number of halogens is 2. The third-order valence-electron chi connectivity index (χ3n) is 3.11. The van der Waals surface area contributed by atoms with Crippen molar-refractivity contribution in [3.8, 4) is 0 Å². The second-order valence-corrected chi connectivity index (χ2v) is 4.70. The van der Waals surface area contributed by atoms with Gasteiger partial charge in [0.05, 0.1) is 5.52 Å². The van der Waals surface area contributed by atoms with Crippen LogP contribution in [-0.2, 0) is 11.2 Å². The van der Waals surface area contributed by atoms with Crippen LogP contribution in [0.5, 0.6) is 0 Å². The molecule has 0 bridgehead atoms. The average Bonchev–Trinajstić information content (AvgIpc) is 2.90. The molecule has 7 heteroatoms. The molecule has 1 unspecified atom stereocenters. The lowest BCUT2D eigenvalue weighted by molar-refractivity contribution is -0.120. The van der Waals surface area contributed by atoms with Gasteiger partial charge in [-0.25, -0.2) is 9.18 Å². The van der Waals surface area contributed by atoms with Crippen molar-refractivity contribution in [2.75, 3.05) is 0 Å². The predicted molar refractivity (Wildman–Crippen MR) is 67.4 cm³/mol. The highest BCUT2D eigenvalue weighted by molar-refractivity contribution is 6.35. The molecule has 3 amide bonds. The highest BCUT2D eigenvalue weighted by Crippen LogP contribution is 2.28. The molecule has 2 aromatic rings. The van der Waals surface area contributed by atoms with Crippen LogP contribution < -0.4 is 10.6 Å². The summed E-state index contributed by atoms with van der Waals surface area (Å²) in [5.74, 6) is -0.873. The summed E-state index contributed by atoms with van der Waals surface area (Å²) in [6.07, 6.45) is 1.98. The minimum atomic E-state index is -0.615. The van der Waals surface area contributed by atoms with Crippen molar-refractivity contribution < 1.29 is 14.0 Å². The van der Waals surface area contributed by atoms with Crippen LogP contribution in [0.1, 0.15) is 5.56 Å². The van der Waals surface area contributed by atoms with Crippen molar-refractivity contribution in [3.63, 3.8) is 0 Å². The molecule has 98 valence electrons. The van der Waals surface area contributed by atoms with Crippen molar-refractivity contribution in [1.82, 2.24) is 15.6 Å². The standard InChI is InChI=1S/C12H9ClFN3O2/c13-9-7(14)2-1-6-5(4-15-10(6)9)3-8-11(18)17-12(19)16-8/h1-2,4,8,15H,3H2,(H2,16,17,18,19). The summed E-state index contributed by atoms with van der Waals surface area (Å²) in [6.45, 7) is 0. The first kappa shape index (κ1) is 12.0. The Morgan fingerprint density at radius 3 is 2.79 bits per heavy atom. The van der Waals surface area contributed by atoms with Gasteiger partial charge in [-0.1, -0.05) is 11.6 Å². The molecule has 0 radical (unpaired) electrons. The van der Waals surface area contributed by atoms with E-state index in [2.05, 4.69) is 15.6 Å². The van der Waals surface area contributed by atoms with Gasteiger partial charge in [0.1, 0.15) is 16.9 Å². The Balaban J connectivity index is 1.96. The number of imide groups is 1. The number of aromatic amines is 1. The van der Waals surface area contributed by atoms with Crippen LogP contribution in [0.15, 0.2) is 18.3 Å². The van der Waals surface area contributed by atoms with Gasteiger partial charge in [0, 0.05) is 18.0 Å². The maximum absolute atomic E-state index is 13.3. The number of H-pyrrole nitrogens is 1. The summed E-state index contributed by atoms with van der Waals surface area (Å²) in [5, 5.41) is 5.43. The van der Waals surface area contributed by atoms with Gasteiger partial charge in [-0.3, -0.25) is 10.1 Å². The molecule has 2 heterocycles. The Morgan fingerprint density at radius 1 is 1.32 bits per heavy atom. The van der Waals surface area contributed by atoms with Gasteiger partial charge in [-0.05, 0) is 17.7 Å². The number of benzene rings is 1. The van der Waals surface area contributed by atoms with Gasteiger partial charge in [0.15, 0.2) is 0 Å². The molecule has 5 nitrogen and oxygen atoms in total. The fourth-order valence-electron chi connectivity index (χ4n) is 2.19. The fourth-order valence-corrected chi connectivity index (χ4v) is 2.41. The third kappa shape index (κ3) is 1.94. The Morgan fingerprint density at radius 2 is 2.11 bits per heavy atom. The molecule has 0 saturated carbocycles. The molecule has 1 atom stereocenters. The lowest BCUT2D eigenvalue weighted by Crippen LogP contribution is -2.30. The fraction of sp³-hybridized carbons (Fsp3) is 0.167. The maximum Gasteiger partial charge on any atom is 0.322 e. The Hall–Kier alpha value is -2.08. The number of nitrogens with one attached hydrogen (secondary N) is 3. The highest BCUT2D eigenvalue weighted by Gasteiger charge is 2.30. The largest absolute Gasteiger partial charge is 0.360 e. The monoisotopic (exact) mass is 281 g/mol. The van der Waals surface area contributed by atoms with Crippen LogP contribution in [0.3, 0.4) is 0 Å². The molecule has 1 saturated heterocycles. The number of carbonyl (C=O) groups excluding carboxylic acids is 2. The average molecular weight is 282 g/mol. The summed E-state index contributed by atoms with van der Waals surface area (Å²) in [4.78, 5) is 25.4. The van der Waals surface area contributed by atoms with E-state index < -0.39 is 17.9 Å². The number of fused-ring (bicyclic) bond motifs is 1. The molecular weight excluding hydrogens is 273 g/mol. The molecule has 3 N–H and O–H groups in total. The summed E-state index contributed by atoms with van der Waals surface area (Å²) in [6, 6.07) is 1.75. The lowest BCUT2D eigenvalue weighted by atomic mass is 10.1. The maximum atomic E-state index is 13.3. The Kier molecular flexibility index (Phi) is 2.67. The molecule has 1 aliphatic heterocycles. The van der Waals surface area contributed by atoms with E-state index in [1.807, 2.05) is 0 Å². The van der Waals surface area contributed by atoms with Gasteiger partial charge in [-0.2, -0.15) is 0 Å². The van der Waals surface area contributed by atoms with Crippen molar-refractivity contribution >= 4 is 34.4 Å². The predicted octanol–water partition coefficient (Wildman–Crippen LogP) is 1.71. The quantitative estimate of drug-likeness (QED) is 0.733. The number of urea groups is 1. The second-order valence-electron chi connectivity index (χ2n) is 4.32. The second kappa shape index (κ2) is 4.24. The zero-order valence-electron chi connectivity index (χ0n) is 9.59. The highest BCUT2D eigenvalue weighted by atomic mass is 35.5. The van der Waals surface area contributed by atoms with Crippen LogP contribution in [-0.4, -0.2) is 23.0 Å². The normalized spacial score (nSPS) is 18.7. The van der Waals surface area contributed by atoms with E-state index >= 15 is 0 Å². The van der Waals surface area contributed by atoms with Crippen LogP contribution in [0.2, 0.25) is 5.02 Å². The number of hydrogen-bond acceptors (Lipinski definition) is 2. The number of rotatable bonds is 2. The molecule has 19 heavy (non-hydrogen) atoms. The molecule has 0 spiro atoms. The number of amides is 3. The van der Waals surface area contributed by atoms with Crippen molar-refractivity contribution in [2.45, 2.75) is 12.5 Å². The smallest absolute Gasteiger partial charge is 0.322 e. The van der Waals surface area contributed by atoms with Gasteiger partial charge >= 0.3 is 6.03 Å². The first-order chi connectivity index (χ1) is 9.06. The van der Waals surface area contributed by atoms with E-state index in [1.165, 1.54) is 6.07 Å². The zero-order valence-corrected chi connectivity index (χ0v) is 10.3. The van der Waals surface area contributed by atoms with Crippen LogP contribution >= 0.6 is 11.6 Å². The minimum absolute atomic E-state index is 0.0173. The number of aromatic nitrogens is 1. The molecule has 1 fully saturated rings. The number of carbonyl (C=O) groups is 2. The van der Waals surface area contributed by atoms with E-state index in [0.717, 1.165) is 10.9 Å². The lowest BCUT2D eigenvalue weighted by Gasteiger charge is -2.06. The molecule has 1 aromatic carbocycles. The Bertz CT molecular complexity index is 698. The van der Waals surface area contributed by atoms with E-state index in [0.29, 0.717) is 11.9 Å². The summed E-state index contributed by atoms with van der Waals surface area (Å²) in [7, 11) is 0. The number of hydrogen-bond donors (Lipinski definition) is 3. The Labute approximate surface area is 112 Å². The first-order valence-electron chi connectivity index (χ1n) is 5.61. The summed E-state index contributed by atoms with van der Waals surface area (Å²) < 4.78 is 13.3. The van der Waals surface area contributed by atoms with Crippen molar-refractivity contribution in [2.24, 2.45) is 0 Å².